The Morgan fingerprint density at radius 1 is 0.929 bits per heavy atom. The minimum atomic E-state index is -0.530. The van der Waals surface area contributed by atoms with E-state index in [1.165, 1.54) is 12.1 Å². The second-order valence-electron chi connectivity index (χ2n) is 5.82. The monoisotopic (exact) mass is 392 g/mol. The fraction of sp³-hybridized carbons (Fsp3) is 0.450. The van der Waals surface area contributed by atoms with Crippen LogP contribution in [0.4, 0.5) is 0 Å². The van der Waals surface area contributed by atoms with E-state index in [0.29, 0.717) is 17.6 Å². The Morgan fingerprint density at radius 3 is 2.18 bits per heavy atom. The topological polar surface area (TPSA) is 101 Å². The van der Waals surface area contributed by atoms with Gasteiger partial charge >= 0.3 is 17.6 Å². The highest BCUT2D eigenvalue weighted by atomic mass is 16.6. The Labute approximate surface area is 162 Å². The Kier molecular flexibility index (Phi) is 7.86. The molecule has 152 valence electrons. The summed E-state index contributed by atoms with van der Waals surface area (Å²) in [5.41, 5.74) is 0.482. The average molecular weight is 392 g/mol. The molecule has 0 atom stereocenters. The van der Waals surface area contributed by atoms with Crippen molar-refractivity contribution in [1.29, 1.82) is 0 Å². The maximum Gasteiger partial charge on any atom is 0.344 e. The van der Waals surface area contributed by atoms with E-state index in [1.54, 1.807) is 19.9 Å². The molecule has 0 aliphatic heterocycles. The summed E-state index contributed by atoms with van der Waals surface area (Å²) >= 11 is 0. The molecule has 0 aliphatic rings. The van der Waals surface area contributed by atoms with Crippen molar-refractivity contribution in [2.45, 2.75) is 33.6 Å². The van der Waals surface area contributed by atoms with Gasteiger partial charge in [0.25, 0.3) is 0 Å². The van der Waals surface area contributed by atoms with E-state index in [4.69, 9.17) is 23.4 Å². The molecule has 8 nitrogen and oxygen atoms in total. The van der Waals surface area contributed by atoms with Crippen molar-refractivity contribution in [3.63, 3.8) is 0 Å². The molecule has 8 heteroatoms. The second kappa shape index (κ2) is 10.3. The van der Waals surface area contributed by atoms with E-state index in [9.17, 15) is 14.4 Å². The van der Waals surface area contributed by atoms with Crippen molar-refractivity contribution >= 4 is 22.9 Å². The molecule has 2 rings (SSSR count). The van der Waals surface area contributed by atoms with Gasteiger partial charge < -0.3 is 23.4 Å². The minimum Gasteiger partial charge on any atom is -0.482 e. The van der Waals surface area contributed by atoms with Crippen molar-refractivity contribution < 1.29 is 33.0 Å². The van der Waals surface area contributed by atoms with E-state index in [2.05, 4.69) is 0 Å². The van der Waals surface area contributed by atoms with Gasteiger partial charge in [-0.3, -0.25) is 0 Å². The van der Waals surface area contributed by atoms with Gasteiger partial charge in [-0.25, -0.2) is 14.4 Å². The van der Waals surface area contributed by atoms with Crippen molar-refractivity contribution in [3.05, 3.63) is 34.2 Å². The summed E-state index contributed by atoms with van der Waals surface area (Å²) in [6, 6.07) is 4.45. The van der Waals surface area contributed by atoms with Gasteiger partial charge in [0.2, 0.25) is 0 Å². The molecule has 0 spiro atoms. The molecule has 1 aromatic heterocycles. The first-order valence-corrected chi connectivity index (χ1v) is 9.16. The summed E-state index contributed by atoms with van der Waals surface area (Å²) in [4.78, 5) is 35.1. The molecule has 0 amide bonds. The van der Waals surface area contributed by atoms with Gasteiger partial charge in [-0.05, 0) is 25.8 Å². The molecule has 1 heterocycles. The highest BCUT2D eigenvalue weighted by Gasteiger charge is 2.16. The first-order valence-electron chi connectivity index (χ1n) is 9.16. The van der Waals surface area contributed by atoms with Crippen molar-refractivity contribution in [1.82, 2.24) is 0 Å². The lowest BCUT2D eigenvalue weighted by Gasteiger charge is -2.14. The van der Waals surface area contributed by atoms with Crippen LogP contribution in [0.3, 0.4) is 0 Å². The number of benzene rings is 1. The Hall–Kier alpha value is -3.03. The number of carbonyl (C=O) groups excluding carboxylic acids is 2. The van der Waals surface area contributed by atoms with Gasteiger partial charge in [-0.15, -0.1) is 0 Å². The lowest BCUT2D eigenvalue weighted by Crippen LogP contribution is -2.16. The van der Waals surface area contributed by atoms with Crippen LogP contribution in [0.15, 0.2) is 27.4 Å². The Balaban J connectivity index is 2.42. The SMILES string of the molecule is CCCc1cc(=O)oc2cc(OCC(=O)OCC)cc(OCC(=O)OCC)c12. The first-order chi connectivity index (χ1) is 13.5. The van der Waals surface area contributed by atoms with Gasteiger partial charge in [-0.1, -0.05) is 13.3 Å². The van der Waals surface area contributed by atoms with Crippen LogP contribution < -0.4 is 15.1 Å². The highest BCUT2D eigenvalue weighted by Crippen LogP contribution is 2.33. The zero-order valence-electron chi connectivity index (χ0n) is 16.2. The second-order valence-corrected chi connectivity index (χ2v) is 5.82. The number of hydrogen-bond donors (Lipinski definition) is 0. The Morgan fingerprint density at radius 2 is 1.57 bits per heavy atom. The van der Waals surface area contributed by atoms with Gasteiger partial charge in [0, 0.05) is 18.2 Å². The predicted octanol–water partition coefficient (Wildman–Crippen LogP) is 2.63. The molecule has 1 aromatic carbocycles. The molecule has 0 aliphatic carbocycles. The van der Waals surface area contributed by atoms with Gasteiger partial charge in [0.1, 0.15) is 17.1 Å². The highest BCUT2D eigenvalue weighted by molar-refractivity contribution is 5.88. The van der Waals surface area contributed by atoms with Crippen LogP contribution in [-0.2, 0) is 25.5 Å². The van der Waals surface area contributed by atoms with Crippen LogP contribution >= 0.6 is 0 Å². The third-order valence-corrected chi connectivity index (χ3v) is 3.70. The molecule has 0 unspecified atom stereocenters. The number of rotatable bonds is 10. The summed E-state index contributed by atoms with van der Waals surface area (Å²) in [7, 11) is 0. The normalized spacial score (nSPS) is 10.5. The molecule has 0 saturated carbocycles. The van der Waals surface area contributed by atoms with Crippen LogP contribution in [0, 0.1) is 0 Å². The number of hydrogen-bond acceptors (Lipinski definition) is 8. The van der Waals surface area contributed by atoms with Gasteiger partial charge in [-0.2, -0.15) is 0 Å². The van der Waals surface area contributed by atoms with Gasteiger partial charge in [0.15, 0.2) is 13.2 Å². The van der Waals surface area contributed by atoms with Gasteiger partial charge in [0.05, 0.1) is 18.6 Å². The maximum atomic E-state index is 11.9. The number of fused-ring (bicyclic) bond motifs is 1. The average Bonchev–Trinajstić information content (AvgIpc) is 2.64. The van der Waals surface area contributed by atoms with Crippen LogP contribution in [0.1, 0.15) is 32.8 Å². The summed E-state index contributed by atoms with van der Waals surface area (Å²) in [5.74, 6) is -0.506. The quantitative estimate of drug-likeness (QED) is 0.449. The van der Waals surface area contributed by atoms with Crippen LogP contribution in [0.5, 0.6) is 11.5 Å². The number of ether oxygens (including phenoxy) is 4. The maximum absolute atomic E-state index is 11.9. The molecule has 0 N–H and O–H groups in total. The number of carbonyl (C=O) groups is 2. The van der Waals surface area contributed by atoms with E-state index in [-0.39, 0.29) is 37.8 Å². The zero-order valence-corrected chi connectivity index (χ0v) is 16.2. The van der Waals surface area contributed by atoms with E-state index < -0.39 is 17.6 Å². The molecular weight excluding hydrogens is 368 g/mol. The first kappa shape index (κ1) is 21.3. The molecule has 0 saturated heterocycles. The minimum absolute atomic E-state index is 0.238. The number of aryl methyl sites for hydroxylation is 1. The predicted molar refractivity (Wildman–Crippen MR) is 101 cm³/mol. The molecule has 2 aromatic rings. The summed E-state index contributed by atoms with van der Waals surface area (Å²) in [5, 5.41) is 0.578. The Bertz CT molecular complexity index is 884. The van der Waals surface area contributed by atoms with Crippen molar-refractivity contribution in [2.75, 3.05) is 26.4 Å². The smallest absolute Gasteiger partial charge is 0.344 e. The van der Waals surface area contributed by atoms with E-state index >= 15 is 0 Å². The van der Waals surface area contributed by atoms with Crippen molar-refractivity contribution in [3.8, 4) is 11.5 Å². The van der Waals surface area contributed by atoms with E-state index in [0.717, 1.165) is 12.0 Å². The fourth-order valence-corrected chi connectivity index (χ4v) is 2.66. The third kappa shape index (κ3) is 5.73. The third-order valence-electron chi connectivity index (χ3n) is 3.70. The van der Waals surface area contributed by atoms with Crippen LogP contribution in [0.2, 0.25) is 0 Å². The molecular formula is C20H24O8. The fourth-order valence-electron chi connectivity index (χ4n) is 2.66. The molecule has 0 radical (unpaired) electrons. The zero-order chi connectivity index (χ0) is 20.5. The molecule has 28 heavy (non-hydrogen) atoms. The van der Waals surface area contributed by atoms with Crippen LogP contribution in [0.25, 0.3) is 11.0 Å². The lowest BCUT2D eigenvalue weighted by atomic mass is 10.0. The van der Waals surface area contributed by atoms with Crippen LogP contribution in [-0.4, -0.2) is 38.4 Å². The van der Waals surface area contributed by atoms with E-state index in [1.807, 2.05) is 6.92 Å². The summed E-state index contributed by atoms with van der Waals surface area (Å²) < 4.78 is 26.1. The summed E-state index contributed by atoms with van der Waals surface area (Å²) in [6.07, 6.45) is 1.43. The molecule has 0 fully saturated rings. The molecule has 0 bridgehead atoms. The summed E-state index contributed by atoms with van der Waals surface area (Å²) in [6.45, 7) is 5.23. The standard InChI is InChI=1S/C20H24O8/c1-4-7-13-8-17(21)28-16-10-14(26-11-18(22)24-5-2)9-15(20(13)16)27-12-19(23)25-6-3/h8-10H,4-7,11-12H2,1-3H3. The van der Waals surface area contributed by atoms with Crippen molar-refractivity contribution in [2.24, 2.45) is 0 Å². The largest absolute Gasteiger partial charge is 0.482 e. The number of esters is 2. The lowest BCUT2D eigenvalue weighted by molar-refractivity contribution is -0.146.